The van der Waals surface area contributed by atoms with Crippen LogP contribution in [0.5, 0.6) is 5.88 Å². The van der Waals surface area contributed by atoms with Gasteiger partial charge in [-0.3, -0.25) is 10.1 Å². The molecule has 0 spiro atoms. The maximum atomic E-state index is 10.9. The van der Waals surface area contributed by atoms with Crippen molar-refractivity contribution >= 4 is 39.6 Å². The van der Waals surface area contributed by atoms with E-state index in [1.807, 2.05) is 0 Å². The summed E-state index contributed by atoms with van der Waals surface area (Å²) >= 11 is 5.17. The van der Waals surface area contributed by atoms with Crippen LogP contribution < -0.4 is 5.32 Å². The Balaban J connectivity index is 1.80. The van der Waals surface area contributed by atoms with Gasteiger partial charge >= 0.3 is 0 Å². The van der Waals surface area contributed by atoms with E-state index in [0.29, 0.717) is 16.9 Å². The summed E-state index contributed by atoms with van der Waals surface area (Å²) in [6.45, 7) is 0. The van der Waals surface area contributed by atoms with Crippen LogP contribution in [0.3, 0.4) is 0 Å². The second-order valence-corrected chi connectivity index (χ2v) is 6.18. The molecule has 0 bridgehead atoms. The summed E-state index contributed by atoms with van der Waals surface area (Å²) in [5.74, 6) is -0.199. The molecule has 0 amide bonds. The first-order valence-electron chi connectivity index (χ1n) is 7.76. The lowest BCUT2D eigenvalue weighted by Gasteiger charge is -2.22. The molecule has 1 heterocycles. The number of nitro groups is 1. The molecule has 0 saturated heterocycles. The lowest BCUT2D eigenvalue weighted by Crippen LogP contribution is -2.33. The first kappa shape index (κ1) is 16.3. The highest BCUT2D eigenvalue weighted by atomic mass is 32.1. The molecule has 1 saturated carbocycles. The Morgan fingerprint density at radius 1 is 1.38 bits per heavy atom. The summed E-state index contributed by atoms with van der Waals surface area (Å²) in [6, 6.07) is 4.53. The Kier molecular flexibility index (Phi) is 4.70. The molecule has 1 aromatic heterocycles. The first-order valence-corrected chi connectivity index (χ1v) is 8.17. The highest BCUT2D eigenvalue weighted by Crippen LogP contribution is 2.37. The Hall–Kier alpha value is -2.55. The molecule has 0 unspecified atom stereocenters. The van der Waals surface area contributed by atoms with E-state index in [1.54, 1.807) is 0 Å². The number of H-pyrrole nitrogens is 1. The van der Waals surface area contributed by atoms with E-state index in [0.717, 1.165) is 12.8 Å². The normalized spacial score (nSPS) is 15.8. The number of aromatic hydroxyl groups is 1. The van der Waals surface area contributed by atoms with Gasteiger partial charge in [0, 0.05) is 23.6 Å². The SMILES string of the molecule is O=[N+]([O-])c1ccc2[nH]c(O)c(N=NC(=S)NC3CCCCC3)c2c1. The van der Waals surface area contributed by atoms with Crippen LogP contribution in [0.2, 0.25) is 0 Å². The second kappa shape index (κ2) is 6.91. The van der Waals surface area contributed by atoms with Crippen LogP contribution in [0.25, 0.3) is 10.9 Å². The standard InChI is InChI=1S/C15H17N5O3S/c21-14-13(11-8-10(20(22)23)6-7-12(11)17-14)18-19-15(24)16-9-4-2-1-3-5-9/h6-9,17,21H,1-5H2,(H,16,24). The predicted molar refractivity (Wildman–Crippen MR) is 93.7 cm³/mol. The smallest absolute Gasteiger partial charge is 0.270 e. The molecule has 3 N–H and O–H groups in total. The minimum absolute atomic E-state index is 0.0825. The van der Waals surface area contributed by atoms with Gasteiger partial charge < -0.3 is 15.4 Å². The molecule has 0 atom stereocenters. The highest BCUT2D eigenvalue weighted by Gasteiger charge is 2.16. The fraction of sp³-hybridized carbons (Fsp3) is 0.400. The molecule has 8 nitrogen and oxygen atoms in total. The van der Waals surface area contributed by atoms with Gasteiger partial charge in [-0.1, -0.05) is 19.3 Å². The fourth-order valence-electron chi connectivity index (χ4n) is 2.91. The lowest BCUT2D eigenvalue weighted by atomic mass is 9.96. The van der Waals surface area contributed by atoms with Gasteiger partial charge in [0.25, 0.3) is 5.69 Å². The van der Waals surface area contributed by atoms with Crippen molar-refractivity contribution in [1.29, 1.82) is 0 Å². The van der Waals surface area contributed by atoms with Crippen molar-refractivity contribution in [1.82, 2.24) is 10.3 Å². The molecule has 0 radical (unpaired) electrons. The number of benzene rings is 1. The van der Waals surface area contributed by atoms with Crippen molar-refractivity contribution in [2.75, 3.05) is 0 Å². The molecule has 1 aromatic carbocycles. The summed E-state index contributed by atoms with van der Waals surface area (Å²) in [4.78, 5) is 13.1. The summed E-state index contributed by atoms with van der Waals surface area (Å²) < 4.78 is 0. The Morgan fingerprint density at radius 3 is 2.83 bits per heavy atom. The van der Waals surface area contributed by atoms with Crippen LogP contribution in [-0.4, -0.2) is 26.2 Å². The number of nitrogens with one attached hydrogen (secondary N) is 2. The fourth-order valence-corrected chi connectivity index (χ4v) is 3.12. The maximum absolute atomic E-state index is 10.9. The molecular weight excluding hydrogens is 330 g/mol. The van der Waals surface area contributed by atoms with Gasteiger partial charge in [-0.05, 0) is 31.1 Å². The molecule has 0 aliphatic heterocycles. The molecule has 24 heavy (non-hydrogen) atoms. The first-order chi connectivity index (χ1) is 11.5. The summed E-state index contributed by atoms with van der Waals surface area (Å²) in [7, 11) is 0. The van der Waals surface area contributed by atoms with E-state index in [-0.39, 0.29) is 22.4 Å². The maximum Gasteiger partial charge on any atom is 0.270 e. The zero-order chi connectivity index (χ0) is 17.1. The highest BCUT2D eigenvalue weighted by molar-refractivity contribution is 7.80. The second-order valence-electron chi connectivity index (χ2n) is 5.79. The minimum Gasteiger partial charge on any atom is -0.493 e. The van der Waals surface area contributed by atoms with Gasteiger partial charge in [0.15, 0.2) is 5.69 Å². The number of azo groups is 1. The number of thiocarbonyl (C=S) groups is 1. The van der Waals surface area contributed by atoms with Crippen molar-refractivity contribution in [2.45, 2.75) is 38.1 Å². The number of nitro benzene ring substituents is 1. The lowest BCUT2D eigenvalue weighted by molar-refractivity contribution is -0.384. The molecule has 9 heteroatoms. The summed E-state index contributed by atoms with van der Waals surface area (Å²) in [5, 5.41) is 32.6. The van der Waals surface area contributed by atoms with Crippen molar-refractivity contribution in [3.05, 3.63) is 28.3 Å². The van der Waals surface area contributed by atoms with Crippen LogP contribution in [0, 0.1) is 10.1 Å². The quantitative estimate of drug-likeness (QED) is 0.335. The van der Waals surface area contributed by atoms with E-state index in [9.17, 15) is 15.2 Å². The van der Waals surface area contributed by atoms with Crippen LogP contribution >= 0.6 is 12.2 Å². The Bertz CT molecular complexity index is 811. The molecule has 1 aliphatic rings. The molecule has 3 rings (SSSR count). The van der Waals surface area contributed by atoms with E-state index >= 15 is 0 Å². The van der Waals surface area contributed by atoms with Crippen LogP contribution in [-0.2, 0) is 0 Å². The Labute approximate surface area is 143 Å². The number of aromatic amines is 1. The summed E-state index contributed by atoms with van der Waals surface area (Å²) in [6.07, 6.45) is 5.70. The van der Waals surface area contributed by atoms with E-state index in [4.69, 9.17) is 12.2 Å². The number of non-ortho nitro benzene ring substituents is 1. The minimum atomic E-state index is -0.500. The van der Waals surface area contributed by atoms with Gasteiger partial charge in [-0.2, -0.15) is 0 Å². The van der Waals surface area contributed by atoms with Gasteiger partial charge in [-0.15, -0.1) is 10.2 Å². The number of aromatic nitrogens is 1. The van der Waals surface area contributed by atoms with E-state index in [1.165, 1.54) is 37.5 Å². The zero-order valence-corrected chi connectivity index (χ0v) is 13.7. The Morgan fingerprint density at radius 2 is 2.12 bits per heavy atom. The molecule has 2 aromatic rings. The van der Waals surface area contributed by atoms with Crippen molar-refractivity contribution in [3.63, 3.8) is 0 Å². The van der Waals surface area contributed by atoms with Gasteiger partial charge in [-0.25, -0.2) is 0 Å². The third-order valence-electron chi connectivity index (χ3n) is 4.12. The van der Waals surface area contributed by atoms with E-state index in [2.05, 4.69) is 20.5 Å². The van der Waals surface area contributed by atoms with Gasteiger partial charge in [0.1, 0.15) is 0 Å². The topological polar surface area (TPSA) is 116 Å². The average molecular weight is 347 g/mol. The van der Waals surface area contributed by atoms with Crippen LogP contribution in [0.15, 0.2) is 28.4 Å². The molecule has 1 fully saturated rings. The largest absolute Gasteiger partial charge is 0.493 e. The van der Waals surface area contributed by atoms with Crippen LogP contribution in [0.1, 0.15) is 32.1 Å². The van der Waals surface area contributed by atoms with Gasteiger partial charge in [0.2, 0.25) is 11.0 Å². The molecule has 1 aliphatic carbocycles. The number of rotatable bonds is 3. The third kappa shape index (κ3) is 3.51. The third-order valence-corrected chi connectivity index (χ3v) is 4.32. The summed E-state index contributed by atoms with van der Waals surface area (Å²) in [5.41, 5.74) is 0.598. The number of nitrogens with zero attached hydrogens (tertiary/aromatic N) is 3. The van der Waals surface area contributed by atoms with Crippen molar-refractivity contribution in [2.24, 2.45) is 10.2 Å². The van der Waals surface area contributed by atoms with Gasteiger partial charge in [0.05, 0.1) is 10.4 Å². The average Bonchev–Trinajstić information content (AvgIpc) is 2.88. The number of fused-ring (bicyclic) bond motifs is 1. The molecular formula is C15H17N5O3S. The monoisotopic (exact) mass is 347 g/mol. The number of hydrogen-bond donors (Lipinski definition) is 3. The van der Waals surface area contributed by atoms with Crippen molar-refractivity contribution < 1.29 is 10.0 Å². The number of hydrogen-bond acceptors (Lipinski definition) is 5. The van der Waals surface area contributed by atoms with Crippen LogP contribution in [0.4, 0.5) is 11.4 Å². The van der Waals surface area contributed by atoms with E-state index < -0.39 is 4.92 Å². The predicted octanol–water partition coefficient (Wildman–Crippen LogP) is 4.07. The zero-order valence-electron chi connectivity index (χ0n) is 12.9. The van der Waals surface area contributed by atoms with Crippen molar-refractivity contribution in [3.8, 4) is 5.88 Å². The molecule has 126 valence electrons.